The molecule has 2 rings (SSSR count). The van der Waals surface area contributed by atoms with Gasteiger partial charge in [-0.05, 0) is 50.0 Å². The lowest BCUT2D eigenvalue weighted by atomic mass is 10.1. The fraction of sp³-hybridized carbons (Fsp3) is 0.250. The highest BCUT2D eigenvalue weighted by atomic mass is 16.2. The van der Waals surface area contributed by atoms with Gasteiger partial charge in [-0.3, -0.25) is 9.59 Å². The van der Waals surface area contributed by atoms with Crippen molar-refractivity contribution in [3.05, 3.63) is 82.9 Å². The predicted molar refractivity (Wildman–Crippen MR) is 116 cm³/mol. The van der Waals surface area contributed by atoms with Gasteiger partial charge >= 0.3 is 0 Å². The predicted octanol–water partition coefficient (Wildman–Crippen LogP) is 4.04. The highest BCUT2D eigenvalue weighted by Crippen LogP contribution is 2.05. The molecule has 2 amide bonds. The average molecular weight is 377 g/mol. The van der Waals surface area contributed by atoms with Crippen LogP contribution in [0.4, 0.5) is 0 Å². The van der Waals surface area contributed by atoms with E-state index in [0.717, 1.165) is 24.0 Å². The number of hydrogen-bond donors (Lipinski definition) is 2. The van der Waals surface area contributed by atoms with Gasteiger partial charge in [0.15, 0.2) is 0 Å². The lowest BCUT2D eigenvalue weighted by Gasteiger charge is -2.04. The van der Waals surface area contributed by atoms with Crippen LogP contribution in [0.5, 0.6) is 0 Å². The number of rotatable bonds is 9. The molecule has 4 nitrogen and oxygen atoms in total. The molecule has 2 N–H and O–H groups in total. The molecule has 0 saturated carbocycles. The number of amides is 2. The summed E-state index contributed by atoms with van der Waals surface area (Å²) in [7, 11) is 0. The fourth-order valence-corrected chi connectivity index (χ4v) is 2.49. The average Bonchev–Trinajstić information content (AvgIpc) is 2.69. The van der Waals surface area contributed by atoms with Gasteiger partial charge in [0.25, 0.3) is 0 Å². The van der Waals surface area contributed by atoms with E-state index >= 15 is 0 Å². The van der Waals surface area contributed by atoms with E-state index in [4.69, 9.17) is 0 Å². The molecule has 0 aliphatic heterocycles. The first kappa shape index (κ1) is 21.2. The minimum atomic E-state index is -0.106. The summed E-state index contributed by atoms with van der Waals surface area (Å²) in [4.78, 5) is 23.6. The summed E-state index contributed by atoms with van der Waals surface area (Å²) in [5.41, 5.74) is 4.39. The molecule has 0 saturated heterocycles. The van der Waals surface area contributed by atoms with Crippen molar-refractivity contribution in [2.75, 3.05) is 13.1 Å². The molecule has 146 valence electrons. The van der Waals surface area contributed by atoms with E-state index in [9.17, 15) is 9.59 Å². The third-order valence-corrected chi connectivity index (χ3v) is 4.21. The van der Waals surface area contributed by atoms with Crippen molar-refractivity contribution in [2.24, 2.45) is 0 Å². The lowest BCUT2D eigenvalue weighted by Crippen LogP contribution is -2.25. The first-order valence-corrected chi connectivity index (χ1v) is 9.58. The number of carbonyl (C=O) groups is 2. The third-order valence-electron chi connectivity index (χ3n) is 4.21. The van der Waals surface area contributed by atoms with Gasteiger partial charge in [-0.25, -0.2) is 0 Å². The molecule has 0 aliphatic rings. The van der Waals surface area contributed by atoms with Crippen LogP contribution >= 0.6 is 0 Å². The minimum Gasteiger partial charge on any atom is -0.353 e. The normalized spacial score (nSPS) is 11.1. The fourth-order valence-electron chi connectivity index (χ4n) is 2.49. The third kappa shape index (κ3) is 8.49. The molecule has 0 aromatic heterocycles. The monoisotopic (exact) mass is 376 g/mol. The summed E-state index contributed by atoms with van der Waals surface area (Å²) < 4.78 is 0. The van der Waals surface area contributed by atoms with E-state index in [1.165, 1.54) is 11.1 Å². The van der Waals surface area contributed by atoms with Crippen molar-refractivity contribution in [1.29, 1.82) is 0 Å². The van der Waals surface area contributed by atoms with Crippen molar-refractivity contribution in [2.45, 2.75) is 26.7 Å². The Hall–Kier alpha value is -3.14. The zero-order valence-electron chi connectivity index (χ0n) is 16.6. The molecular weight excluding hydrogens is 348 g/mol. The standard InChI is InChI=1S/C24H28N2O2/c1-19-5-9-21(10-6-19)13-15-23(27)25-17-3-4-18-26-24(28)16-14-22-11-7-20(2)8-12-22/h5-16H,3-4,17-18H2,1-2H3,(H,25,27)(H,26,28)/b15-13+,16-14+. The Bertz CT molecular complexity index is 747. The molecule has 0 spiro atoms. The van der Waals surface area contributed by atoms with Crippen LogP contribution in [0.1, 0.15) is 35.1 Å². The topological polar surface area (TPSA) is 58.2 Å². The number of benzene rings is 2. The van der Waals surface area contributed by atoms with Gasteiger partial charge in [-0.1, -0.05) is 59.7 Å². The van der Waals surface area contributed by atoms with E-state index in [2.05, 4.69) is 10.6 Å². The maximum Gasteiger partial charge on any atom is 0.243 e. The Kier molecular flexibility index (Phi) is 8.73. The van der Waals surface area contributed by atoms with E-state index in [1.807, 2.05) is 62.4 Å². The van der Waals surface area contributed by atoms with Crippen LogP contribution in [0.25, 0.3) is 12.2 Å². The quantitative estimate of drug-likeness (QED) is 0.512. The largest absolute Gasteiger partial charge is 0.353 e. The first-order valence-electron chi connectivity index (χ1n) is 9.58. The summed E-state index contributed by atoms with van der Waals surface area (Å²) >= 11 is 0. The number of unbranched alkanes of at least 4 members (excludes halogenated alkanes) is 1. The van der Waals surface area contributed by atoms with Gasteiger partial charge in [0, 0.05) is 25.2 Å². The SMILES string of the molecule is Cc1ccc(/C=C/C(=O)NCCCCNC(=O)/C=C/c2ccc(C)cc2)cc1. The second-order valence-corrected chi connectivity index (χ2v) is 6.78. The molecule has 0 atom stereocenters. The van der Waals surface area contributed by atoms with Gasteiger partial charge in [-0.2, -0.15) is 0 Å². The van der Waals surface area contributed by atoms with E-state index in [0.29, 0.717) is 13.1 Å². The van der Waals surface area contributed by atoms with Crippen LogP contribution in [0, 0.1) is 13.8 Å². The zero-order chi connectivity index (χ0) is 20.2. The zero-order valence-corrected chi connectivity index (χ0v) is 16.6. The van der Waals surface area contributed by atoms with Crippen molar-refractivity contribution in [1.82, 2.24) is 10.6 Å². The van der Waals surface area contributed by atoms with Gasteiger partial charge in [0.2, 0.25) is 11.8 Å². The molecule has 0 bridgehead atoms. The van der Waals surface area contributed by atoms with Gasteiger partial charge in [0.05, 0.1) is 0 Å². The van der Waals surface area contributed by atoms with Crippen molar-refractivity contribution >= 4 is 24.0 Å². The summed E-state index contributed by atoms with van der Waals surface area (Å²) in [6, 6.07) is 16.0. The van der Waals surface area contributed by atoms with Gasteiger partial charge < -0.3 is 10.6 Å². The maximum atomic E-state index is 11.8. The summed E-state index contributed by atoms with van der Waals surface area (Å²) in [5.74, 6) is -0.212. The van der Waals surface area contributed by atoms with Crippen molar-refractivity contribution in [3.63, 3.8) is 0 Å². The molecular formula is C24H28N2O2. The Labute approximate surface area is 167 Å². The number of nitrogens with one attached hydrogen (secondary N) is 2. The highest BCUT2D eigenvalue weighted by Gasteiger charge is 1.97. The van der Waals surface area contributed by atoms with Crippen molar-refractivity contribution < 1.29 is 9.59 Å². The van der Waals surface area contributed by atoms with E-state index in [1.54, 1.807) is 24.3 Å². The van der Waals surface area contributed by atoms with Crippen LogP contribution in [0.3, 0.4) is 0 Å². The molecule has 0 heterocycles. The summed E-state index contributed by atoms with van der Waals surface area (Å²) in [6.07, 6.45) is 8.31. The summed E-state index contributed by atoms with van der Waals surface area (Å²) in [6.45, 7) is 5.24. The molecule has 0 unspecified atom stereocenters. The van der Waals surface area contributed by atoms with Gasteiger partial charge in [0.1, 0.15) is 0 Å². The smallest absolute Gasteiger partial charge is 0.243 e. The van der Waals surface area contributed by atoms with Crippen LogP contribution in [0.15, 0.2) is 60.7 Å². The maximum absolute atomic E-state index is 11.8. The number of hydrogen-bond acceptors (Lipinski definition) is 2. The summed E-state index contributed by atoms with van der Waals surface area (Å²) in [5, 5.41) is 5.70. The molecule has 0 radical (unpaired) electrons. The Balaban J connectivity index is 1.56. The highest BCUT2D eigenvalue weighted by molar-refractivity contribution is 5.92. The molecule has 2 aromatic carbocycles. The van der Waals surface area contributed by atoms with E-state index < -0.39 is 0 Å². The van der Waals surface area contributed by atoms with E-state index in [-0.39, 0.29) is 11.8 Å². The Morgan fingerprint density at radius 3 is 1.39 bits per heavy atom. The number of carbonyl (C=O) groups excluding carboxylic acids is 2. The minimum absolute atomic E-state index is 0.106. The van der Waals surface area contributed by atoms with Crippen molar-refractivity contribution in [3.8, 4) is 0 Å². The lowest BCUT2D eigenvalue weighted by molar-refractivity contribution is -0.117. The number of aryl methyl sites for hydroxylation is 2. The Morgan fingerprint density at radius 2 is 1.04 bits per heavy atom. The molecule has 0 aliphatic carbocycles. The molecule has 0 fully saturated rings. The molecule has 2 aromatic rings. The second kappa shape index (κ2) is 11.5. The first-order chi connectivity index (χ1) is 13.5. The van der Waals surface area contributed by atoms with Crippen LogP contribution in [0.2, 0.25) is 0 Å². The molecule has 4 heteroatoms. The second-order valence-electron chi connectivity index (χ2n) is 6.78. The van der Waals surface area contributed by atoms with Crippen LogP contribution in [-0.2, 0) is 9.59 Å². The van der Waals surface area contributed by atoms with Gasteiger partial charge in [-0.15, -0.1) is 0 Å². The molecule has 28 heavy (non-hydrogen) atoms. The van der Waals surface area contributed by atoms with Crippen LogP contribution < -0.4 is 10.6 Å². The Morgan fingerprint density at radius 1 is 0.679 bits per heavy atom. The van der Waals surface area contributed by atoms with Crippen LogP contribution in [-0.4, -0.2) is 24.9 Å².